The lowest BCUT2D eigenvalue weighted by atomic mass is 10.0. The molecule has 1 aliphatic heterocycles. The van der Waals surface area contributed by atoms with Gasteiger partial charge in [0.25, 0.3) is 0 Å². The van der Waals surface area contributed by atoms with E-state index in [1.165, 1.54) is 12.1 Å². The molecule has 1 unspecified atom stereocenters. The number of hydrogen-bond acceptors (Lipinski definition) is 3. The first-order chi connectivity index (χ1) is 8.65. The van der Waals surface area contributed by atoms with Crippen LogP contribution in [-0.2, 0) is 11.2 Å². The SMILES string of the molecule is O=C(Cc1cc(F)ccc1Br)CC1CSCCN1. The van der Waals surface area contributed by atoms with E-state index in [0.717, 1.165) is 28.1 Å². The zero-order valence-corrected chi connectivity index (χ0v) is 12.3. The van der Waals surface area contributed by atoms with E-state index in [2.05, 4.69) is 21.2 Å². The van der Waals surface area contributed by atoms with E-state index in [4.69, 9.17) is 0 Å². The molecule has 1 aromatic rings. The van der Waals surface area contributed by atoms with E-state index in [1.54, 1.807) is 6.07 Å². The monoisotopic (exact) mass is 331 g/mol. The summed E-state index contributed by atoms with van der Waals surface area (Å²) in [5, 5.41) is 3.33. The average Bonchev–Trinajstić information content (AvgIpc) is 2.35. The van der Waals surface area contributed by atoms with Gasteiger partial charge in [-0.2, -0.15) is 11.8 Å². The van der Waals surface area contributed by atoms with Gasteiger partial charge in [-0.15, -0.1) is 0 Å². The number of rotatable bonds is 4. The number of benzene rings is 1. The van der Waals surface area contributed by atoms with Crippen molar-refractivity contribution in [3.63, 3.8) is 0 Å². The number of ketones is 1. The summed E-state index contributed by atoms with van der Waals surface area (Å²) in [7, 11) is 0. The lowest BCUT2D eigenvalue weighted by Crippen LogP contribution is -2.39. The van der Waals surface area contributed by atoms with E-state index in [9.17, 15) is 9.18 Å². The van der Waals surface area contributed by atoms with Crippen molar-refractivity contribution in [2.24, 2.45) is 0 Å². The topological polar surface area (TPSA) is 29.1 Å². The van der Waals surface area contributed by atoms with Crippen molar-refractivity contribution in [3.8, 4) is 0 Å². The molecule has 0 aromatic heterocycles. The summed E-state index contributed by atoms with van der Waals surface area (Å²) in [6.45, 7) is 0.965. The zero-order chi connectivity index (χ0) is 13.0. The molecule has 0 bridgehead atoms. The molecule has 5 heteroatoms. The van der Waals surface area contributed by atoms with Gasteiger partial charge in [-0.1, -0.05) is 15.9 Å². The number of nitrogens with one attached hydrogen (secondary N) is 1. The normalized spacial score (nSPS) is 19.8. The van der Waals surface area contributed by atoms with Crippen LogP contribution in [0.2, 0.25) is 0 Å². The minimum absolute atomic E-state index is 0.154. The van der Waals surface area contributed by atoms with E-state index in [0.29, 0.717) is 12.8 Å². The molecule has 0 aliphatic carbocycles. The first kappa shape index (κ1) is 14.0. The standard InChI is InChI=1S/C13H15BrFNOS/c14-13-2-1-10(15)5-9(13)6-12(17)7-11-8-18-4-3-16-11/h1-2,5,11,16H,3-4,6-8H2. The molecule has 1 aromatic carbocycles. The molecule has 0 radical (unpaired) electrons. The van der Waals surface area contributed by atoms with Crippen LogP contribution in [0, 0.1) is 5.82 Å². The maximum Gasteiger partial charge on any atom is 0.138 e. The van der Waals surface area contributed by atoms with Crippen LogP contribution in [0.25, 0.3) is 0 Å². The Kier molecular flexibility index (Phi) is 5.21. The average molecular weight is 332 g/mol. The van der Waals surface area contributed by atoms with Crippen LogP contribution in [-0.4, -0.2) is 29.9 Å². The van der Waals surface area contributed by atoms with Crippen molar-refractivity contribution in [1.82, 2.24) is 5.32 Å². The van der Waals surface area contributed by atoms with Crippen LogP contribution >= 0.6 is 27.7 Å². The van der Waals surface area contributed by atoms with Gasteiger partial charge in [0, 0.05) is 41.4 Å². The van der Waals surface area contributed by atoms with Crippen molar-refractivity contribution in [1.29, 1.82) is 0 Å². The van der Waals surface area contributed by atoms with Crippen LogP contribution in [0.5, 0.6) is 0 Å². The lowest BCUT2D eigenvalue weighted by molar-refractivity contribution is -0.118. The fourth-order valence-electron chi connectivity index (χ4n) is 1.99. The summed E-state index contributed by atoms with van der Waals surface area (Å²) >= 11 is 5.22. The maximum absolute atomic E-state index is 13.1. The molecular weight excluding hydrogens is 317 g/mol. The van der Waals surface area contributed by atoms with Crippen molar-refractivity contribution in [2.45, 2.75) is 18.9 Å². The number of carbonyl (C=O) groups is 1. The Morgan fingerprint density at radius 2 is 2.39 bits per heavy atom. The van der Waals surface area contributed by atoms with E-state index in [1.807, 2.05) is 11.8 Å². The third kappa shape index (κ3) is 4.07. The molecule has 1 N–H and O–H groups in total. The summed E-state index contributed by atoms with van der Waals surface area (Å²) in [5.74, 6) is 1.95. The quantitative estimate of drug-likeness (QED) is 0.919. The molecule has 18 heavy (non-hydrogen) atoms. The Bertz CT molecular complexity index is 435. The van der Waals surface area contributed by atoms with Crippen molar-refractivity contribution in [2.75, 3.05) is 18.1 Å². The summed E-state index contributed by atoms with van der Waals surface area (Å²) in [4.78, 5) is 12.0. The number of carbonyl (C=O) groups excluding carboxylic acids is 1. The van der Waals surface area contributed by atoms with E-state index < -0.39 is 0 Å². The third-order valence-corrected chi connectivity index (χ3v) is 4.77. The Hall–Kier alpha value is -0.390. The molecule has 1 atom stereocenters. The van der Waals surface area contributed by atoms with Gasteiger partial charge in [-0.25, -0.2) is 4.39 Å². The summed E-state index contributed by atoms with van der Waals surface area (Å²) < 4.78 is 13.9. The number of thioether (sulfide) groups is 1. The van der Waals surface area contributed by atoms with Gasteiger partial charge in [0.1, 0.15) is 11.6 Å². The number of Topliss-reactive ketones (excluding diaryl/α,β-unsaturated/α-hetero) is 1. The minimum Gasteiger partial charge on any atom is -0.312 e. The number of hydrogen-bond donors (Lipinski definition) is 1. The van der Waals surface area contributed by atoms with Gasteiger partial charge in [0.2, 0.25) is 0 Å². The van der Waals surface area contributed by atoms with Crippen LogP contribution in [0.1, 0.15) is 12.0 Å². The fourth-order valence-corrected chi connectivity index (χ4v) is 3.32. The molecule has 0 saturated carbocycles. The van der Waals surface area contributed by atoms with Crippen LogP contribution in [0.15, 0.2) is 22.7 Å². The lowest BCUT2D eigenvalue weighted by Gasteiger charge is -2.22. The highest BCUT2D eigenvalue weighted by Gasteiger charge is 2.17. The summed E-state index contributed by atoms with van der Waals surface area (Å²) in [5.41, 5.74) is 0.725. The Labute approximate surface area is 119 Å². The Morgan fingerprint density at radius 1 is 1.56 bits per heavy atom. The van der Waals surface area contributed by atoms with Gasteiger partial charge in [0.15, 0.2) is 0 Å². The molecule has 1 heterocycles. The zero-order valence-electron chi connectivity index (χ0n) is 9.92. The molecule has 0 spiro atoms. The molecule has 0 amide bonds. The maximum atomic E-state index is 13.1. The molecule has 98 valence electrons. The predicted octanol–water partition coefficient (Wildman–Crippen LogP) is 2.79. The predicted molar refractivity (Wildman–Crippen MR) is 76.5 cm³/mol. The smallest absolute Gasteiger partial charge is 0.138 e. The first-order valence-corrected chi connectivity index (χ1v) is 7.86. The summed E-state index contributed by atoms with van der Waals surface area (Å²) in [6.07, 6.45) is 0.817. The van der Waals surface area contributed by atoms with Crippen LogP contribution in [0.3, 0.4) is 0 Å². The van der Waals surface area contributed by atoms with Gasteiger partial charge >= 0.3 is 0 Å². The van der Waals surface area contributed by atoms with Crippen LogP contribution < -0.4 is 5.32 Å². The van der Waals surface area contributed by atoms with E-state index in [-0.39, 0.29) is 17.6 Å². The van der Waals surface area contributed by atoms with Crippen molar-refractivity contribution < 1.29 is 9.18 Å². The molecule has 1 saturated heterocycles. The third-order valence-electron chi connectivity index (χ3n) is 2.87. The van der Waals surface area contributed by atoms with Crippen molar-refractivity contribution in [3.05, 3.63) is 34.1 Å². The van der Waals surface area contributed by atoms with Gasteiger partial charge in [-0.05, 0) is 23.8 Å². The van der Waals surface area contributed by atoms with E-state index >= 15 is 0 Å². The second-order valence-corrected chi connectivity index (χ2v) is 6.39. The molecule has 1 fully saturated rings. The molecular formula is C13H15BrFNOS. The highest BCUT2D eigenvalue weighted by Crippen LogP contribution is 2.20. The van der Waals surface area contributed by atoms with Crippen molar-refractivity contribution >= 4 is 33.5 Å². The Morgan fingerprint density at radius 3 is 3.11 bits per heavy atom. The van der Waals surface area contributed by atoms with Gasteiger partial charge in [0.05, 0.1) is 0 Å². The summed E-state index contributed by atoms with van der Waals surface area (Å²) in [6, 6.07) is 4.72. The van der Waals surface area contributed by atoms with Gasteiger partial charge in [-0.3, -0.25) is 4.79 Å². The minimum atomic E-state index is -0.299. The fraction of sp³-hybridized carbons (Fsp3) is 0.462. The highest BCUT2D eigenvalue weighted by atomic mass is 79.9. The second kappa shape index (κ2) is 6.68. The molecule has 2 nitrogen and oxygen atoms in total. The highest BCUT2D eigenvalue weighted by molar-refractivity contribution is 9.10. The second-order valence-electron chi connectivity index (χ2n) is 4.38. The first-order valence-electron chi connectivity index (χ1n) is 5.92. The van der Waals surface area contributed by atoms with Crippen LogP contribution in [0.4, 0.5) is 4.39 Å². The Balaban J connectivity index is 1.92. The largest absolute Gasteiger partial charge is 0.312 e. The molecule has 2 rings (SSSR count). The molecule has 1 aliphatic rings. The number of halogens is 2. The van der Waals surface area contributed by atoms with Gasteiger partial charge < -0.3 is 5.32 Å².